The van der Waals surface area contributed by atoms with Crippen molar-refractivity contribution < 1.29 is 18.3 Å². The second kappa shape index (κ2) is 9.10. The molecule has 0 bridgehead atoms. The maximum Gasteiger partial charge on any atom is 0.277 e. The van der Waals surface area contributed by atoms with E-state index in [1.54, 1.807) is 17.8 Å². The molecular formula is C20H21ClF2N6O2S. The summed E-state index contributed by atoms with van der Waals surface area (Å²) in [6, 6.07) is 3.90. The minimum atomic E-state index is -1.26. The zero-order valence-corrected chi connectivity index (χ0v) is 18.6. The fourth-order valence-electron chi connectivity index (χ4n) is 3.54. The number of hydrogen-bond donors (Lipinski definition) is 3. The first-order chi connectivity index (χ1) is 15.3. The van der Waals surface area contributed by atoms with Crippen molar-refractivity contribution in [1.82, 2.24) is 14.8 Å². The summed E-state index contributed by atoms with van der Waals surface area (Å²) in [4.78, 5) is 17.1. The summed E-state index contributed by atoms with van der Waals surface area (Å²) in [7, 11) is 1.70. The third-order valence-electron chi connectivity index (χ3n) is 5.27. The molecule has 12 heteroatoms. The van der Waals surface area contributed by atoms with Crippen LogP contribution in [0.3, 0.4) is 0 Å². The number of benzene rings is 1. The van der Waals surface area contributed by atoms with Gasteiger partial charge < -0.3 is 21.5 Å². The Labute approximate surface area is 191 Å². The van der Waals surface area contributed by atoms with Crippen LogP contribution in [0.15, 0.2) is 24.4 Å². The topological polar surface area (TPSA) is 121 Å². The number of nitrogens with one attached hydrogen (secondary N) is 1. The van der Waals surface area contributed by atoms with Crippen molar-refractivity contribution in [2.24, 2.45) is 12.8 Å². The molecule has 32 heavy (non-hydrogen) atoms. The van der Waals surface area contributed by atoms with Crippen LogP contribution in [0.4, 0.5) is 19.5 Å². The first kappa shape index (κ1) is 22.6. The highest BCUT2D eigenvalue weighted by atomic mass is 35.5. The summed E-state index contributed by atoms with van der Waals surface area (Å²) in [6.07, 6.45) is 0.618. The predicted molar refractivity (Wildman–Crippen MR) is 119 cm³/mol. The number of nitrogen functional groups attached to an aromatic ring is 1. The molecule has 1 aliphatic heterocycles. The predicted octanol–water partition coefficient (Wildman–Crippen LogP) is 3.69. The number of amides is 1. The first-order valence-electron chi connectivity index (χ1n) is 9.81. The molecular weight excluding hydrogens is 462 g/mol. The molecule has 5 N–H and O–H groups in total. The van der Waals surface area contributed by atoms with Crippen LogP contribution in [-0.2, 0) is 11.8 Å². The van der Waals surface area contributed by atoms with Gasteiger partial charge in [-0.05, 0) is 25.0 Å². The van der Waals surface area contributed by atoms with Gasteiger partial charge in [-0.25, -0.2) is 13.8 Å². The Morgan fingerprint density at radius 3 is 2.97 bits per heavy atom. The van der Waals surface area contributed by atoms with Gasteiger partial charge in [0.15, 0.2) is 11.5 Å². The number of alkyl halides is 1. The van der Waals surface area contributed by atoms with Crippen LogP contribution in [0.2, 0.25) is 5.02 Å². The lowest BCUT2D eigenvalue weighted by Crippen LogP contribution is -2.32. The van der Waals surface area contributed by atoms with E-state index in [0.29, 0.717) is 24.2 Å². The van der Waals surface area contributed by atoms with Crippen molar-refractivity contribution in [2.75, 3.05) is 17.7 Å². The summed E-state index contributed by atoms with van der Waals surface area (Å²) in [5.74, 6) is -1.23. The van der Waals surface area contributed by atoms with Crippen LogP contribution in [0.1, 0.15) is 35.1 Å². The molecule has 0 radical (unpaired) electrons. The zero-order valence-electron chi connectivity index (χ0n) is 17.0. The third-order valence-corrected chi connectivity index (χ3v) is 6.48. The van der Waals surface area contributed by atoms with Crippen molar-refractivity contribution in [3.05, 3.63) is 46.6 Å². The normalized spacial score (nSPS) is 21.3. The monoisotopic (exact) mass is 482 g/mol. The van der Waals surface area contributed by atoms with Gasteiger partial charge in [-0.3, -0.25) is 9.48 Å². The van der Waals surface area contributed by atoms with Gasteiger partial charge in [0, 0.05) is 18.7 Å². The van der Waals surface area contributed by atoms with E-state index in [1.807, 2.05) is 0 Å². The van der Waals surface area contributed by atoms with Crippen molar-refractivity contribution in [2.45, 2.75) is 31.2 Å². The molecule has 1 aliphatic rings. The highest BCUT2D eigenvalue weighted by Gasteiger charge is 2.30. The number of rotatable bonds is 4. The number of nitrogens with zero attached hydrogens (tertiary/aromatic N) is 3. The highest BCUT2D eigenvalue weighted by molar-refractivity contribution is 7.19. The van der Waals surface area contributed by atoms with Crippen LogP contribution < -0.4 is 16.8 Å². The van der Waals surface area contributed by atoms with Crippen LogP contribution in [0.25, 0.3) is 10.6 Å². The van der Waals surface area contributed by atoms with Crippen molar-refractivity contribution in [1.29, 1.82) is 0 Å². The standard InChI is InChI=1S/C20H21ClF2N6O2S/c1-29-17(14-6-5-12(24)11(22)8-31-14)13(7-26-29)27-19(30)16-18(25)32-20(28-16)9-3-2-4-10(21)15(9)23/h2-4,7,11-12,14H,5-6,8,24-25H2,1H3,(H,27,30). The quantitative estimate of drug-likeness (QED) is 0.521. The van der Waals surface area contributed by atoms with Gasteiger partial charge in [0.2, 0.25) is 0 Å². The van der Waals surface area contributed by atoms with E-state index in [2.05, 4.69) is 15.4 Å². The fourth-order valence-corrected chi connectivity index (χ4v) is 4.56. The van der Waals surface area contributed by atoms with E-state index in [9.17, 15) is 13.6 Å². The van der Waals surface area contributed by atoms with E-state index in [1.165, 1.54) is 18.3 Å². The number of carbonyl (C=O) groups excluding carboxylic acids is 1. The lowest BCUT2D eigenvalue weighted by molar-refractivity contribution is 0.0247. The van der Waals surface area contributed by atoms with Gasteiger partial charge in [0.05, 0.1) is 29.2 Å². The average molecular weight is 483 g/mol. The zero-order chi connectivity index (χ0) is 23.0. The Morgan fingerprint density at radius 2 is 2.19 bits per heavy atom. The summed E-state index contributed by atoms with van der Waals surface area (Å²) in [5, 5.41) is 7.22. The smallest absolute Gasteiger partial charge is 0.277 e. The molecule has 1 fully saturated rings. The summed E-state index contributed by atoms with van der Waals surface area (Å²) >= 11 is 6.82. The Hall–Kier alpha value is -2.60. The summed E-state index contributed by atoms with van der Waals surface area (Å²) < 4.78 is 35.5. The lowest BCUT2D eigenvalue weighted by Gasteiger charge is -2.17. The van der Waals surface area contributed by atoms with E-state index < -0.39 is 30.0 Å². The number of anilines is 2. The Bertz CT molecular complexity index is 1140. The van der Waals surface area contributed by atoms with Gasteiger partial charge in [0.1, 0.15) is 22.3 Å². The highest BCUT2D eigenvalue weighted by Crippen LogP contribution is 2.35. The summed E-state index contributed by atoms with van der Waals surface area (Å²) in [5.41, 5.74) is 12.9. The number of aryl methyl sites for hydroxylation is 1. The van der Waals surface area contributed by atoms with Crippen molar-refractivity contribution >= 4 is 39.5 Å². The van der Waals surface area contributed by atoms with E-state index in [4.69, 9.17) is 27.8 Å². The molecule has 3 unspecified atom stereocenters. The Kier molecular flexibility index (Phi) is 6.42. The van der Waals surface area contributed by atoms with Crippen LogP contribution in [-0.4, -0.2) is 39.5 Å². The van der Waals surface area contributed by atoms with E-state index in [0.717, 1.165) is 11.3 Å². The van der Waals surface area contributed by atoms with Crippen molar-refractivity contribution in [3.8, 4) is 10.6 Å². The molecule has 4 rings (SSSR count). The molecule has 3 heterocycles. The van der Waals surface area contributed by atoms with Crippen LogP contribution in [0, 0.1) is 5.82 Å². The molecule has 0 saturated carbocycles. The molecule has 8 nitrogen and oxygen atoms in total. The molecule has 3 atom stereocenters. The van der Waals surface area contributed by atoms with Crippen molar-refractivity contribution in [3.63, 3.8) is 0 Å². The number of hydrogen-bond acceptors (Lipinski definition) is 7. The SMILES string of the molecule is Cn1ncc(NC(=O)c2nc(-c3cccc(Cl)c3F)sc2N)c1C1CCC(N)C(F)CO1. The maximum absolute atomic E-state index is 14.4. The molecule has 3 aromatic rings. The molecule has 0 spiro atoms. The molecule has 0 aliphatic carbocycles. The number of nitrogens with two attached hydrogens (primary N) is 2. The van der Waals surface area contributed by atoms with Gasteiger partial charge in [-0.2, -0.15) is 5.10 Å². The lowest BCUT2D eigenvalue weighted by atomic mass is 10.0. The van der Waals surface area contributed by atoms with Gasteiger partial charge >= 0.3 is 0 Å². The van der Waals surface area contributed by atoms with Crippen LogP contribution >= 0.6 is 22.9 Å². The van der Waals surface area contributed by atoms with Gasteiger partial charge in [0.25, 0.3) is 5.91 Å². The van der Waals surface area contributed by atoms with Gasteiger partial charge in [-0.15, -0.1) is 0 Å². The number of carbonyl (C=O) groups is 1. The number of halogens is 3. The summed E-state index contributed by atoms with van der Waals surface area (Å²) in [6.45, 7) is -0.141. The molecule has 170 valence electrons. The third kappa shape index (κ3) is 4.33. The van der Waals surface area contributed by atoms with E-state index >= 15 is 0 Å². The van der Waals surface area contributed by atoms with Gasteiger partial charge in [-0.1, -0.05) is 29.0 Å². The largest absolute Gasteiger partial charge is 0.389 e. The Morgan fingerprint density at radius 1 is 1.41 bits per heavy atom. The van der Waals surface area contributed by atoms with E-state index in [-0.39, 0.29) is 32.9 Å². The second-order valence-electron chi connectivity index (χ2n) is 7.43. The second-order valence-corrected chi connectivity index (χ2v) is 8.87. The maximum atomic E-state index is 14.4. The number of thiazole rings is 1. The minimum absolute atomic E-state index is 0.0493. The van der Waals surface area contributed by atoms with Crippen LogP contribution in [0.5, 0.6) is 0 Å². The molecule has 2 aromatic heterocycles. The molecule has 1 aromatic carbocycles. The number of ether oxygens (including phenoxy) is 1. The minimum Gasteiger partial charge on any atom is -0.389 e. The fraction of sp³-hybridized carbons (Fsp3) is 0.350. The first-order valence-corrected chi connectivity index (χ1v) is 11.0. The Balaban J connectivity index is 1.58. The molecule has 1 amide bonds. The average Bonchev–Trinajstić information content (AvgIpc) is 3.27. The number of aromatic nitrogens is 3. The molecule has 1 saturated heterocycles.